The number of nitrogens with one attached hydrogen (secondary N) is 2. The average Bonchev–Trinajstić information content (AvgIpc) is 3.16. The first kappa shape index (κ1) is 22.1. The van der Waals surface area contributed by atoms with Crippen molar-refractivity contribution < 1.29 is 14.3 Å². The molecule has 2 N–H and O–H groups in total. The van der Waals surface area contributed by atoms with Crippen LogP contribution in [0, 0.1) is 6.92 Å². The van der Waals surface area contributed by atoms with Gasteiger partial charge in [-0.3, -0.25) is 9.59 Å². The zero-order valence-corrected chi connectivity index (χ0v) is 18.7. The molecule has 4 aromatic rings. The van der Waals surface area contributed by atoms with E-state index in [4.69, 9.17) is 4.74 Å². The van der Waals surface area contributed by atoms with Crippen LogP contribution in [0.2, 0.25) is 0 Å². The molecule has 0 aliphatic rings. The molecule has 0 atom stereocenters. The van der Waals surface area contributed by atoms with Crippen molar-refractivity contribution in [2.24, 2.45) is 0 Å². The number of aromatic nitrogens is 2. The van der Waals surface area contributed by atoms with Gasteiger partial charge in [-0.2, -0.15) is 0 Å². The van der Waals surface area contributed by atoms with Crippen LogP contribution in [0.1, 0.15) is 28.7 Å². The van der Waals surface area contributed by atoms with Gasteiger partial charge in [-0.15, -0.1) is 0 Å². The van der Waals surface area contributed by atoms with E-state index in [-0.39, 0.29) is 24.9 Å². The van der Waals surface area contributed by atoms with Gasteiger partial charge in [0.05, 0.1) is 24.2 Å². The Kier molecular flexibility index (Phi) is 6.69. The van der Waals surface area contributed by atoms with E-state index in [0.29, 0.717) is 23.7 Å². The highest BCUT2D eigenvalue weighted by atomic mass is 16.5. The lowest BCUT2D eigenvalue weighted by Gasteiger charge is -2.11. The lowest BCUT2D eigenvalue weighted by molar-refractivity contribution is -0.116. The molecule has 0 aliphatic carbocycles. The Bertz CT molecular complexity index is 1260. The molecule has 0 bridgehead atoms. The highest BCUT2D eigenvalue weighted by Crippen LogP contribution is 2.18. The molecule has 0 fully saturated rings. The predicted molar refractivity (Wildman–Crippen MR) is 128 cm³/mol. The second-order valence-corrected chi connectivity index (χ2v) is 7.66. The maximum absolute atomic E-state index is 12.8. The van der Waals surface area contributed by atoms with Gasteiger partial charge in [-0.1, -0.05) is 29.8 Å². The van der Waals surface area contributed by atoms with Crippen LogP contribution >= 0.6 is 0 Å². The zero-order chi connectivity index (χ0) is 23.2. The van der Waals surface area contributed by atoms with E-state index in [1.54, 1.807) is 24.3 Å². The Morgan fingerprint density at radius 2 is 1.70 bits per heavy atom. The molecule has 7 nitrogen and oxygen atoms in total. The fourth-order valence-corrected chi connectivity index (χ4v) is 3.55. The van der Waals surface area contributed by atoms with E-state index in [2.05, 4.69) is 15.6 Å². The Balaban J connectivity index is 1.49. The number of hydrogen-bond acceptors (Lipinski definition) is 4. The smallest absolute Gasteiger partial charge is 0.251 e. The summed E-state index contributed by atoms with van der Waals surface area (Å²) >= 11 is 0. The summed E-state index contributed by atoms with van der Waals surface area (Å²) < 4.78 is 7.27. The number of carbonyl (C=O) groups excluding carboxylic acids is 2. The lowest BCUT2D eigenvalue weighted by Crippen LogP contribution is -2.26. The third-order valence-corrected chi connectivity index (χ3v) is 5.21. The van der Waals surface area contributed by atoms with Crippen molar-refractivity contribution in [3.05, 3.63) is 89.7 Å². The van der Waals surface area contributed by atoms with Gasteiger partial charge < -0.3 is 19.9 Å². The molecule has 7 heteroatoms. The average molecular weight is 443 g/mol. The Hall–Kier alpha value is -4.13. The second-order valence-electron chi connectivity index (χ2n) is 7.66. The fourth-order valence-electron chi connectivity index (χ4n) is 3.55. The van der Waals surface area contributed by atoms with Crippen LogP contribution in [-0.4, -0.2) is 28.0 Å². The maximum atomic E-state index is 12.8. The van der Waals surface area contributed by atoms with E-state index < -0.39 is 0 Å². The van der Waals surface area contributed by atoms with Gasteiger partial charge in [-0.25, -0.2) is 4.98 Å². The summed E-state index contributed by atoms with van der Waals surface area (Å²) in [6.45, 7) is 4.76. The number of fused-ring (bicyclic) bond motifs is 1. The summed E-state index contributed by atoms with van der Waals surface area (Å²) in [5.41, 5.74) is 3.95. The summed E-state index contributed by atoms with van der Waals surface area (Å²) in [7, 11) is 0. The van der Waals surface area contributed by atoms with Crippen LogP contribution < -0.4 is 15.4 Å². The quantitative estimate of drug-likeness (QED) is 0.426. The molecule has 1 heterocycles. The normalized spacial score (nSPS) is 10.7. The topological polar surface area (TPSA) is 85.2 Å². The molecule has 2 amide bonds. The van der Waals surface area contributed by atoms with E-state index in [1.165, 1.54) is 0 Å². The van der Waals surface area contributed by atoms with Crippen molar-refractivity contribution in [1.29, 1.82) is 0 Å². The number of hydrogen-bond donors (Lipinski definition) is 2. The number of rotatable bonds is 8. The van der Waals surface area contributed by atoms with Crippen molar-refractivity contribution in [3.8, 4) is 5.75 Å². The van der Waals surface area contributed by atoms with Crippen LogP contribution in [0.5, 0.6) is 5.75 Å². The second kappa shape index (κ2) is 9.99. The van der Waals surface area contributed by atoms with E-state index in [1.807, 2.05) is 66.9 Å². The van der Waals surface area contributed by atoms with E-state index in [0.717, 1.165) is 22.3 Å². The van der Waals surface area contributed by atoms with Crippen molar-refractivity contribution in [2.45, 2.75) is 26.9 Å². The standard InChI is InChI=1S/C26H26N4O3/c1-3-33-21-14-12-20(13-15-21)28-25(31)17-30-23-7-5-4-6-22(23)29-24(30)16-27-26(32)19-10-8-18(2)9-11-19/h4-15H,3,16-17H2,1-2H3,(H,27,32)(H,28,31). The molecule has 0 spiro atoms. The van der Waals surface area contributed by atoms with Gasteiger partial charge in [0.1, 0.15) is 18.1 Å². The molecule has 3 aromatic carbocycles. The minimum atomic E-state index is -0.188. The summed E-state index contributed by atoms with van der Waals surface area (Å²) in [5.74, 6) is 0.988. The molecule has 4 rings (SSSR count). The zero-order valence-electron chi connectivity index (χ0n) is 18.7. The Labute approximate surface area is 192 Å². The summed E-state index contributed by atoms with van der Waals surface area (Å²) in [4.78, 5) is 30.0. The monoisotopic (exact) mass is 442 g/mol. The molecule has 168 valence electrons. The number of anilines is 1. The highest BCUT2D eigenvalue weighted by molar-refractivity contribution is 5.94. The van der Waals surface area contributed by atoms with Crippen LogP contribution in [0.15, 0.2) is 72.8 Å². The van der Waals surface area contributed by atoms with Gasteiger partial charge in [0.15, 0.2) is 0 Å². The summed E-state index contributed by atoms with van der Waals surface area (Å²) in [6, 6.07) is 22.2. The number of imidazole rings is 1. The minimum Gasteiger partial charge on any atom is -0.494 e. The number of benzene rings is 3. The molecular formula is C26H26N4O3. The number of para-hydroxylation sites is 2. The first-order chi connectivity index (χ1) is 16.0. The Morgan fingerprint density at radius 3 is 2.42 bits per heavy atom. The van der Waals surface area contributed by atoms with Crippen LogP contribution in [-0.2, 0) is 17.9 Å². The third kappa shape index (κ3) is 5.38. The van der Waals surface area contributed by atoms with Crippen molar-refractivity contribution in [3.63, 3.8) is 0 Å². The van der Waals surface area contributed by atoms with Gasteiger partial charge in [0, 0.05) is 11.3 Å². The minimum absolute atomic E-state index is 0.0729. The fraction of sp³-hybridized carbons (Fsp3) is 0.192. The third-order valence-electron chi connectivity index (χ3n) is 5.21. The number of amides is 2. The largest absolute Gasteiger partial charge is 0.494 e. The van der Waals surface area contributed by atoms with Crippen molar-refractivity contribution in [2.75, 3.05) is 11.9 Å². The SMILES string of the molecule is CCOc1ccc(NC(=O)Cn2c(CNC(=O)c3ccc(C)cc3)nc3ccccc32)cc1. The maximum Gasteiger partial charge on any atom is 0.251 e. The number of carbonyl (C=O) groups is 2. The molecule has 1 aromatic heterocycles. The highest BCUT2D eigenvalue weighted by Gasteiger charge is 2.15. The van der Waals surface area contributed by atoms with Gasteiger partial charge in [-0.05, 0) is 62.4 Å². The van der Waals surface area contributed by atoms with Gasteiger partial charge in [0.25, 0.3) is 5.91 Å². The summed E-state index contributed by atoms with van der Waals surface area (Å²) in [6.07, 6.45) is 0. The molecule has 0 unspecified atom stereocenters. The summed E-state index contributed by atoms with van der Waals surface area (Å²) in [5, 5.41) is 5.82. The van der Waals surface area contributed by atoms with E-state index >= 15 is 0 Å². The van der Waals surface area contributed by atoms with Crippen molar-refractivity contribution in [1.82, 2.24) is 14.9 Å². The number of aryl methyl sites for hydroxylation is 1. The molecule has 0 saturated heterocycles. The van der Waals surface area contributed by atoms with Crippen LogP contribution in [0.25, 0.3) is 11.0 Å². The van der Waals surface area contributed by atoms with E-state index in [9.17, 15) is 9.59 Å². The molecule has 0 radical (unpaired) electrons. The molecular weight excluding hydrogens is 416 g/mol. The first-order valence-corrected chi connectivity index (χ1v) is 10.8. The van der Waals surface area contributed by atoms with Crippen LogP contribution in [0.3, 0.4) is 0 Å². The molecule has 0 aliphatic heterocycles. The number of nitrogens with zero attached hydrogens (tertiary/aromatic N) is 2. The predicted octanol–water partition coefficient (Wildman–Crippen LogP) is 4.31. The lowest BCUT2D eigenvalue weighted by atomic mass is 10.1. The molecule has 33 heavy (non-hydrogen) atoms. The molecule has 0 saturated carbocycles. The Morgan fingerprint density at radius 1 is 0.970 bits per heavy atom. The van der Waals surface area contributed by atoms with Crippen molar-refractivity contribution >= 4 is 28.5 Å². The van der Waals surface area contributed by atoms with Gasteiger partial charge >= 0.3 is 0 Å². The van der Waals surface area contributed by atoms with Gasteiger partial charge in [0.2, 0.25) is 5.91 Å². The number of ether oxygens (including phenoxy) is 1. The van der Waals surface area contributed by atoms with Crippen LogP contribution in [0.4, 0.5) is 5.69 Å². The first-order valence-electron chi connectivity index (χ1n) is 10.8.